The molecule has 2 aliphatic rings. The van der Waals surface area contributed by atoms with E-state index in [1.54, 1.807) is 25.3 Å². The number of nitrogens with zero attached hydrogens (tertiary/aromatic N) is 2. The average molecular weight is 507 g/mol. The van der Waals surface area contributed by atoms with E-state index in [1.807, 2.05) is 44.5 Å². The Balaban J connectivity index is 0.000000637. The van der Waals surface area contributed by atoms with Crippen LogP contribution in [-0.4, -0.2) is 36.0 Å². The van der Waals surface area contributed by atoms with Crippen molar-refractivity contribution < 1.29 is 10.6 Å². The Morgan fingerprint density at radius 3 is 2.62 bits per heavy atom. The number of carbonyl (C=O) groups excluding carboxylic acids is 1. The maximum atomic E-state index is 14.6. The predicted octanol–water partition coefficient (Wildman–Crippen LogP) is 5.65. The number of nitrogens with two attached hydrogens (primary N) is 1. The fourth-order valence-electron chi connectivity index (χ4n) is 3.68. The van der Waals surface area contributed by atoms with Crippen molar-refractivity contribution in [3.8, 4) is 0 Å². The lowest BCUT2D eigenvalue weighted by atomic mass is 9.98. The quantitative estimate of drug-likeness (QED) is 0.246. The van der Waals surface area contributed by atoms with Crippen LogP contribution in [0.2, 0.25) is 0 Å². The first-order chi connectivity index (χ1) is 17.8. The number of hydrogen-bond donors (Lipinski definition) is 4. The first kappa shape index (κ1) is 27.8. The molecule has 0 saturated heterocycles. The lowest BCUT2D eigenvalue weighted by Crippen LogP contribution is -2.19. The molecule has 1 unspecified atom stereocenters. The monoisotopic (exact) mass is 506 g/mol. The molecular formula is C29H39FN6O. The van der Waals surface area contributed by atoms with Crippen LogP contribution in [0.1, 0.15) is 70.1 Å². The third kappa shape index (κ3) is 8.97. The summed E-state index contributed by atoms with van der Waals surface area (Å²) >= 11 is 0. The van der Waals surface area contributed by atoms with Crippen LogP contribution in [0.5, 0.6) is 0 Å². The summed E-state index contributed by atoms with van der Waals surface area (Å²) in [5, 5.41) is 13.6. The molecule has 5 N–H and O–H groups in total. The van der Waals surface area contributed by atoms with Gasteiger partial charge in [0.2, 0.25) is 5.91 Å². The van der Waals surface area contributed by atoms with Crippen molar-refractivity contribution in [1.82, 2.24) is 10.3 Å². The smallest absolute Gasteiger partial charge is 0.231 e. The molecule has 1 atom stereocenters. The van der Waals surface area contributed by atoms with Gasteiger partial charge < -0.3 is 21.8 Å². The van der Waals surface area contributed by atoms with Gasteiger partial charge in [0.15, 0.2) is 0 Å². The minimum Gasteiger partial charge on any atom is -0.394 e. The highest BCUT2D eigenvalue weighted by atomic mass is 19.1. The zero-order chi connectivity index (χ0) is 26.8. The molecule has 7 nitrogen and oxygen atoms in total. The number of nitrogens with one attached hydrogen (secondary N) is 3. The lowest BCUT2D eigenvalue weighted by Gasteiger charge is -2.13. The second-order valence-electron chi connectivity index (χ2n) is 9.47. The van der Waals surface area contributed by atoms with Crippen LogP contribution in [-0.2, 0) is 4.79 Å². The largest absolute Gasteiger partial charge is 0.394 e. The molecule has 2 aromatic rings. The summed E-state index contributed by atoms with van der Waals surface area (Å²) in [6.45, 7) is 3.52. The molecule has 0 aliphatic heterocycles. The number of allylic oxidation sites excluding steroid dienone is 2. The number of anilines is 1. The molecule has 1 aromatic heterocycles. The normalized spacial score (nSPS) is 16.3. The predicted molar refractivity (Wildman–Crippen MR) is 152 cm³/mol. The summed E-state index contributed by atoms with van der Waals surface area (Å²) in [5.41, 5.74) is 8.89. The number of aromatic nitrogens is 1. The third-order valence-electron chi connectivity index (χ3n) is 6.10. The Labute approximate surface area is 220 Å². The van der Waals surface area contributed by atoms with E-state index in [0.717, 1.165) is 24.0 Å². The first-order valence-corrected chi connectivity index (χ1v) is 12.7. The van der Waals surface area contributed by atoms with E-state index in [4.69, 9.17) is 11.1 Å². The fraction of sp³-hybridized carbons (Fsp3) is 0.379. The number of carbonyl (C=O) groups is 1. The molecule has 0 spiro atoms. The van der Waals surface area contributed by atoms with Crippen molar-refractivity contribution in [2.24, 2.45) is 16.6 Å². The van der Waals surface area contributed by atoms with Gasteiger partial charge in [0.05, 0.1) is 24.0 Å². The van der Waals surface area contributed by atoms with Gasteiger partial charge in [0.1, 0.15) is 5.82 Å². The van der Waals surface area contributed by atoms with E-state index in [2.05, 4.69) is 20.6 Å². The highest BCUT2D eigenvalue weighted by molar-refractivity contribution is 5.99. The Hall–Kier alpha value is -3.81. The molecule has 2 saturated carbocycles. The average Bonchev–Trinajstić information content (AvgIpc) is 3.80. The van der Waals surface area contributed by atoms with Gasteiger partial charge in [-0.25, -0.2) is 4.39 Å². The lowest BCUT2D eigenvalue weighted by molar-refractivity contribution is -0.118. The van der Waals surface area contributed by atoms with Crippen molar-refractivity contribution >= 4 is 29.2 Å². The van der Waals surface area contributed by atoms with Crippen LogP contribution in [0.3, 0.4) is 0 Å². The van der Waals surface area contributed by atoms with Crippen LogP contribution in [0.15, 0.2) is 59.9 Å². The molecule has 1 heterocycles. The third-order valence-corrected chi connectivity index (χ3v) is 6.10. The standard InChI is InChI=1S/C25H29FN4O.C4H8N2.H2/c1-16(25(31)30-22-8-4-6-19(13-22)17(2)27)12-20(7-5-11-28-3)21-14-23(26)24(29-15-21)18-9-10-18;5-3-6-4-1-2-4;/h4-6,8,11-16,18,27-28H,7,9-10H2,1-3H3,(H,30,31);3-4H,1-2H2,(H2,5,6);1H/b11-5-,20-12+,27-17?;;. The van der Waals surface area contributed by atoms with E-state index in [-0.39, 0.29) is 19.1 Å². The summed E-state index contributed by atoms with van der Waals surface area (Å²) in [6.07, 6.45) is 13.7. The Bertz CT molecular complexity index is 1190. The number of pyridine rings is 1. The van der Waals surface area contributed by atoms with Gasteiger partial charge >= 0.3 is 0 Å². The summed E-state index contributed by atoms with van der Waals surface area (Å²) < 4.78 is 14.6. The SMILES string of the molecule is CN/C=C\C/C(=C\C(C)C(=O)Nc1cccc(C(C)=N)c1)c1cnc(C2CC2)c(F)c1.NC=NC1CC1.[HH]. The number of amides is 1. The minimum absolute atomic E-state index is 0. The zero-order valence-electron chi connectivity index (χ0n) is 21.8. The van der Waals surface area contributed by atoms with Crippen LogP contribution < -0.4 is 16.4 Å². The molecule has 8 heteroatoms. The van der Waals surface area contributed by atoms with Gasteiger partial charge in [-0.2, -0.15) is 0 Å². The van der Waals surface area contributed by atoms with E-state index in [9.17, 15) is 9.18 Å². The maximum Gasteiger partial charge on any atom is 0.231 e. The van der Waals surface area contributed by atoms with E-state index in [0.29, 0.717) is 35.1 Å². The highest BCUT2D eigenvalue weighted by Gasteiger charge is 2.28. The molecule has 198 valence electrons. The Morgan fingerprint density at radius 1 is 1.30 bits per heavy atom. The second kappa shape index (κ2) is 13.5. The molecule has 1 aromatic carbocycles. The molecular weight excluding hydrogens is 467 g/mol. The highest BCUT2D eigenvalue weighted by Crippen LogP contribution is 2.40. The first-order valence-electron chi connectivity index (χ1n) is 12.7. The number of benzene rings is 1. The number of aliphatic imine (C=N–C) groups is 1. The van der Waals surface area contributed by atoms with Gasteiger partial charge in [-0.3, -0.25) is 14.8 Å². The molecule has 2 fully saturated rings. The van der Waals surface area contributed by atoms with Gasteiger partial charge in [-0.15, -0.1) is 0 Å². The van der Waals surface area contributed by atoms with Crippen molar-refractivity contribution in [3.63, 3.8) is 0 Å². The molecule has 37 heavy (non-hydrogen) atoms. The molecule has 1 amide bonds. The van der Waals surface area contributed by atoms with Crippen LogP contribution in [0.25, 0.3) is 5.57 Å². The Kier molecular flexibility index (Phi) is 10.1. The van der Waals surface area contributed by atoms with Gasteiger partial charge in [0, 0.05) is 32.0 Å². The summed E-state index contributed by atoms with van der Waals surface area (Å²) in [7, 11) is 1.81. The topological polar surface area (TPSA) is 116 Å². The van der Waals surface area contributed by atoms with Gasteiger partial charge in [0.25, 0.3) is 0 Å². The zero-order valence-corrected chi connectivity index (χ0v) is 21.8. The minimum atomic E-state index is -0.436. The molecule has 0 radical (unpaired) electrons. The summed E-state index contributed by atoms with van der Waals surface area (Å²) in [6, 6.07) is 9.35. The molecule has 4 rings (SSSR count). The summed E-state index contributed by atoms with van der Waals surface area (Å²) in [5.74, 6) is -0.637. The van der Waals surface area contributed by atoms with E-state index < -0.39 is 5.92 Å². The molecule has 2 aliphatic carbocycles. The number of rotatable bonds is 10. The van der Waals surface area contributed by atoms with E-state index in [1.165, 1.54) is 25.2 Å². The van der Waals surface area contributed by atoms with E-state index >= 15 is 0 Å². The van der Waals surface area contributed by atoms with Crippen molar-refractivity contribution in [2.75, 3.05) is 12.4 Å². The fourth-order valence-corrected chi connectivity index (χ4v) is 3.68. The van der Waals surface area contributed by atoms with Gasteiger partial charge in [-0.1, -0.05) is 31.2 Å². The number of halogens is 1. The number of hydrogen-bond acceptors (Lipinski definition) is 5. The van der Waals surface area contributed by atoms with Crippen LogP contribution in [0.4, 0.5) is 10.1 Å². The van der Waals surface area contributed by atoms with Crippen LogP contribution in [0, 0.1) is 17.1 Å². The Morgan fingerprint density at radius 2 is 2.05 bits per heavy atom. The van der Waals surface area contributed by atoms with Crippen molar-refractivity contribution in [1.29, 1.82) is 5.41 Å². The summed E-state index contributed by atoms with van der Waals surface area (Å²) in [4.78, 5) is 21.0. The second-order valence-corrected chi connectivity index (χ2v) is 9.47. The van der Waals surface area contributed by atoms with Crippen molar-refractivity contribution in [2.45, 2.75) is 57.9 Å². The van der Waals surface area contributed by atoms with Crippen molar-refractivity contribution in [3.05, 3.63) is 77.5 Å². The molecule has 0 bridgehead atoms. The van der Waals surface area contributed by atoms with Gasteiger partial charge in [-0.05, 0) is 80.1 Å². The van der Waals surface area contributed by atoms with Crippen LogP contribution >= 0.6 is 0 Å². The maximum absolute atomic E-state index is 14.6.